The van der Waals surface area contributed by atoms with Crippen LogP contribution in [0.5, 0.6) is 5.75 Å². The number of benzene rings is 2. The maximum Gasteiger partial charge on any atom is 0.501 e. The fraction of sp³-hybridized carbons (Fsp3) is 0.333. The lowest BCUT2D eigenvalue weighted by Crippen LogP contribution is -2.24. The van der Waals surface area contributed by atoms with Crippen molar-refractivity contribution in [2.24, 2.45) is 0 Å². The molecule has 1 heterocycles. The van der Waals surface area contributed by atoms with E-state index in [4.69, 9.17) is 4.74 Å². The van der Waals surface area contributed by atoms with Crippen LogP contribution >= 0.6 is 0 Å². The van der Waals surface area contributed by atoms with Gasteiger partial charge < -0.3 is 9.64 Å². The zero-order chi connectivity index (χ0) is 21.4. The van der Waals surface area contributed by atoms with E-state index in [-0.39, 0.29) is 11.6 Å². The van der Waals surface area contributed by atoms with Crippen molar-refractivity contribution in [1.29, 1.82) is 0 Å². The van der Waals surface area contributed by atoms with Gasteiger partial charge in [-0.25, -0.2) is 8.42 Å². The standard InChI is InChI=1S/C18H17F3N2O5S/c1-28-17-5-3-2-4-14(17)12-8-9-22(11-12)15-7-6-13(10-16(15)23(24)25)29(26,27)18(19,20)21/h2-7,10,12H,8-9,11H2,1H3. The Balaban J connectivity index is 1.95. The quantitative estimate of drug-likeness (QED) is 0.528. The maximum atomic E-state index is 12.8. The van der Waals surface area contributed by atoms with E-state index in [1.54, 1.807) is 11.0 Å². The van der Waals surface area contributed by atoms with Gasteiger partial charge in [0.25, 0.3) is 15.5 Å². The number of rotatable bonds is 5. The molecule has 2 aromatic rings. The third-order valence-electron chi connectivity index (χ3n) is 4.87. The van der Waals surface area contributed by atoms with Crippen LogP contribution < -0.4 is 9.64 Å². The molecular formula is C18H17F3N2O5S. The molecule has 1 fully saturated rings. The first kappa shape index (κ1) is 20.9. The zero-order valence-corrected chi connectivity index (χ0v) is 16.0. The number of ether oxygens (including phenoxy) is 1. The summed E-state index contributed by atoms with van der Waals surface area (Å²) < 4.78 is 66.9. The van der Waals surface area contributed by atoms with Gasteiger partial charge >= 0.3 is 5.51 Å². The third-order valence-corrected chi connectivity index (χ3v) is 6.35. The minimum Gasteiger partial charge on any atom is -0.496 e. The second-order valence-corrected chi connectivity index (χ2v) is 8.47. The highest BCUT2D eigenvalue weighted by atomic mass is 32.2. The minimum atomic E-state index is -5.67. The first-order chi connectivity index (χ1) is 13.6. The lowest BCUT2D eigenvalue weighted by molar-refractivity contribution is -0.384. The fourth-order valence-corrected chi connectivity index (χ4v) is 4.24. The molecule has 0 aliphatic carbocycles. The molecule has 1 unspecified atom stereocenters. The Morgan fingerprint density at radius 3 is 2.52 bits per heavy atom. The Bertz CT molecular complexity index is 1040. The van der Waals surface area contributed by atoms with Gasteiger partial charge in [-0.3, -0.25) is 10.1 Å². The number of halogens is 3. The van der Waals surface area contributed by atoms with E-state index < -0.39 is 30.9 Å². The minimum absolute atomic E-state index is 0.00402. The highest BCUT2D eigenvalue weighted by molar-refractivity contribution is 7.92. The van der Waals surface area contributed by atoms with Gasteiger partial charge in [0, 0.05) is 25.1 Å². The van der Waals surface area contributed by atoms with Crippen molar-refractivity contribution in [3.05, 3.63) is 58.1 Å². The van der Waals surface area contributed by atoms with Crippen molar-refractivity contribution in [2.45, 2.75) is 22.7 Å². The average molecular weight is 430 g/mol. The van der Waals surface area contributed by atoms with E-state index in [0.29, 0.717) is 31.3 Å². The molecule has 29 heavy (non-hydrogen) atoms. The number of sulfone groups is 1. The number of nitrogens with zero attached hydrogens (tertiary/aromatic N) is 2. The molecule has 0 bridgehead atoms. The number of para-hydroxylation sites is 1. The summed E-state index contributed by atoms with van der Waals surface area (Å²) in [7, 11) is -4.14. The number of methoxy groups -OCH3 is 1. The number of nitro benzene ring substituents is 1. The van der Waals surface area contributed by atoms with Gasteiger partial charge in [0.2, 0.25) is 0 Å². The Morgan fingerprint density at radius 2 is 1.90 bits per heavy atom. The molecule has 2 aromatic carbocycles. The molecule has 0 amide bonds. The summed E-state index contributed by atoms with van der Waals surface area (Å²) in [5.74, 6) is 0.685. The zero-order valence-electron chi connectivity index (χ0n) is 15.2. The molecule has 11 heteroatoms. The number of hydrogen-bond donors (Lipinski definition) is 0. The van der Waals surface area contributed by atoms with Crippen LogP contribution in [0, 0.1) is 10.1 Å². The second kappa shape index (κ2) is 7.54. The number of alkyl halides is 3. The average Bonchev–Trinajstić information content (AvgIpc) is 3.16. The summed E-state index contributed by atoms with van der Waals surface area (Å²) in [5, 5.41) is 11.4. The summed E-state index contributed by atoms with van der Waals surface area (Å²) in [6.45, 7) is 0.807. The van der Waals surface area contributed by atoms with Gasteiger partial charge in [0.1, 0.15) is 11.4 Å². The Kier molecular flexibility index (Phi) is 5.44. The molecule has 156 valence electrons. The molecule has 0 spiro atoms. The largest absolute Gasteiger partial charge is 0.501 e. The molecule has 1 saturated heterocycles. The summed E-state index contributed by atoms with van der Waals surface area (Å²) in [5.41, 5.74) is -5.22. The fourth-order valence-electron chi connectivity index (χ4n) is 3.45. The van der Waals surface area contributed by atoms with E-state index >= 15 is 0 Å². The highest BCUT2D eigenvalue weighted by Crippen LogP contribution is 2.40. The number of anilines is 1. The predicted molar refractivity (Wildman–Crippen MR) is 98.9 cm³/mol. The summed E-state index contributed by atoms with van der Waals surface area (Å²) >= 11 is 0. The van der Waals surface area contributed by atoms with Crippen LogP contribution in [-0.2, 0) is 9.84 Å². The Labute approximate surface area is 164 Å². The van der Waals surface area contributed by atoms with Crippen LogP contribution in [0.2, 0.25) is 0 Å². The van der Waals surface area contributed by atoms with Gasteiger partial charge in [-0.2, -0.15) is 13.2 Å². The van der Waals surface area contributed by atoms with Crippen molar-refractivity contribution in [3.63, 3.8) is 0 Å². The Morgan fingerprint density at radius 1 is 1.21 bits per heavy atom. The molecule has 1 aliphatic rings. The van der Waals surface area contributed by atoms with E-state index in [1.807, 2.05) is 18.2 Å². The normalized spacial score (nSPS) is 17.4. The molecule has 7 nitrogen and oxygen atoms in total. The molecular weight excluding hydrogens is 413 g/mol. The van der Waals surface area contributed by atoms with Crippen molar-refractivity contribution in [1.82, 2.24) is 0 Å². The first-order valence-electron chi connectivity index (χ1n) is 8.54. The van der Waals surface area contributed by atoms with Gasteiger partial charge in [-0.05, 0) is 30.2 Å². The maximum absolute atomic E-state index is 12.8. The number of hydrogen-bond acceptors (Lipinski definition) is 6. The van der Waals surface area contributed by atoms with Gasteiger partial charge in [0.15, 0.2) is 0 Å². The molecule has 0 N–H and O–H groups in total. The first-order valence-corrected chi connectivity index (χ1v) is 10.0. The lowest BCUT2D eigenvalue weighted by atomic mass is 9.97. The Hall–Kier alpha value is -2.82. The van der Waals surface area contributed by atoms with Gasteiger partial charge in [0.05, 0.1) is 16.9 Å². The second-order valence-electron chi connectivity index (χ2n) is 6.53. The lowest BCUT2D eigenvalue weighted by Gasteiger charge is -2.20. The molecule has 1 atom stereocenters. The van der Waals surface area contributed by atoms with Crippen molar-refractivity contribution in [2.75, 3.05) is 25.1 Å². The summed E-state index contributed by atoms with van der Waals surface area (Å²) in [6, 6.07) is 9.63. The predicted octanol–water partition coefficient (Wildman–Crippen LogP) is 3.89. The van der Waals surface area contributed by atoms with Crippen LogP contribution in [0.4, 0.5) is 24.5 Å². The van der Waals surface area contributed by atoms with Crippen molar-refractivity contribution in [3.8, 4) is 5.75 Å². The van der Waals surface area contributed by atoms with Crippen molar-refractivity contribution < 1.29 is 31.2 Å². The van der Waals surface area contributed by atoms with Crippen LogP contribution in [0.25, 0.3) is 0 Å². The van der Waals surface area contributed by atoms with E-state index in [9.17, 15) is 31.7 Å². The van der Waals surface area contributed by atoms with Crippen LogP contribution in [-0.4, -0.2) is 39.0 Å². The SMILES string of the molecule is COc1ccccc1C1CCN(c2ccc(S(=O)(=O)C(F)(F)F)cc2[N+](=O)[O-])C1. The molecule has 0 saturated carbocycles. The number of nitro groups is 1. The molecule has 0 radical (unpaired) electrons. The van der Waals surface area contributed by atoms with Gasteiger partial charge in [-0.1, -0.05) is 18.2 Å². The van der Waals surface area contributed by atoms with Crippen LogP contribution in [0.1, 0.15) is 17.9 Å². The monoisotopic (exact) mass is 430 g/mol. The summed E-state index contributed by atoms with van der Waals surface area (Å²) in [4.78, 5) is 11.1. The third kappa shape index (κ3) is 3.86. The highest BCUT2D eigenvalue weighted by Gasteiger charge is 2.47. The van der Waals surface area contributed by atoms with Crippen LogP contribution in [0.3, 0.4) is 0 Å². The smallest absolute Gasteiger partial charge is 0.496 e. The molecule has 0 aromatic heterocycles. The van der Waals surface area contributed by atoms with E-state index in [1.165, 1.54) is 7.11 Å². The van der Waals surface area contributed by atoms with E-state index in [2.05, 4.69) is 0 Å². The molecule has 3 rings (SSSR count). The molecule has 1 aliphatic heterocycles. The summed E-state index contributed by atoms with van der Waals surface area (Å²) in [6.07, 6.45) is 0.653. The van der Waals surface area contributed by atoms with Crippen molar-refractivity contribution >= 4 is 21.2 Å². The van der Waals surface area contributed by atoms with Crippen LogP contribution in [0.15, 0.2) is 47.4 Å². The van der Waals surface area contributed by atoms with E-state index in [0.717, 1.165) is 17.7 Å². The van der Waals surface area contributed by atoms with Gasteiger partial charge in [-0.15, -0.1) is 0 Å². The topological polar surface area (TPSA) is 89.8 Å².